The van der Waals surface area contributed by atoms with Crippen molar-refractivity contribution in [3.8, 4) is 6.07 Å². The lowest BCUT2D eigenvalue weighted by Gasteiger charge is -2.27. The first-order chi connectivity index (χ1) is 9.19. The fraction of sp³-hybridized carbons (Fsp3) is 0.467. The monoisotopic (exact) mass is 258 g/mol. The van der Waals surface area contributed by atoms with Crippen molar-refractivity contribution < 1.29 is 9.53 Å². The molecule has 0 saturated carbocycles. The SMILES string of the molecule is CCOC(=O)C1CCCN1c1c(C)cccc1C#N. The third-order valence-electron chi connectivity index (χ3n) is 3.46. The Morgan fingerprint density at radius 2 is 2.37 bits per heavy atom. The van der Waals surface area contributed by atoms with Crippen molar-refractivity contribution in [1.29, 1.82) is 5.26 Å². The summed E-state index contributed by atoms with van der Waals surface area (Å²) in [6.07, 6.45) is 1.74. The molecule has 1 unspecified atom stereocenters. The molecule has 4 nitrogen and oxygen atoms in total. The highest BCUT2D eigenvalue weighted by Crippen LogP contribution is 2.31. The number of esters is 1. The molecule has 0 aliphatic carbocycles. The van der Waals surface area contributed by atoms with Crippen LogP contribution in [0.2, 0.25) is 0 Å². The standard InChI is InChI=1S/C15H18N2O2/c1-3-19-15(18)13-8-5-9-17(13)14-11(2)6-4-7-12(14)10-16/h4,6-7,13H,3,5,8-9H2,1-2H3. The number of rotatable bonds is 3. The Morgan fingerprint density at radius 1 is 1.58 bits per heavy atom. The summed E-state index contributed by atoms with van der Waals surface area (Å²) in [6.45, 7) is 4.97. The number of ether oxygens (including phenoxy) is 1. The number of hydrogen-bond acceptors (Lipinski definition) is 4. The molecule has 100 valence electrons. The molecule has 1 aromatic rings. The van der Waals surface area contributed by atoms with Crippen LogP contribution in [0.25, 0.3) is 0 Å². The highest BCUT2D eigenvalue weighted by atomic mass is 16.5. The van der Waals surface area contributed by atoms with Gasteiger partial charge in [-0.2, -0.15) is 5.26 Å². The smallest absolute Gasteiger partial charge is 0.328 e. The maximum Gasteiger partial charge on any atom is 0.328 e. The molecule has 1 fully saturated rings. The summed E-state index contributed by atoms with van der Waals surface area (Å²) in [5.41, 5.74) is 2.52. The molecule has 0 N–H and O–H groups in total. The highest BCUT2D eigenvalue weighted by molar-refractivity contribution is 5.82. The number of aryl methyl sites for hydroxylation is 1. The van der Waals surface area contributed by atoms with E-state index < -0.39 is 0 Å². The Hall–Kier alpha value is -2.02. The van der Waals surface area contributed by atoms with Crippen LogP contribution >= 0.6 is 0 Å². The van der Waals surface area contributed by atoms with E-state index in [9.17, 15) is 10.1 Å². The largest absolute Gasteiger partial charge is 0.464 e. The number of carbonyl (C=O) groups is 1. The Bertz CT molecular complexity index is 519. The van der Waals surface area contributed by atoms with Crippen molar-refractivity contribution in [2.75, 3.05) is 18.1 Å². The first-order valence-corrected chi connectivity index (χ1v) is 6.62. The van der Waals surface area contributed by atoms with Gasteiger partial charge in [0, 0.05) is 6.54 Å². The zero-order valence-corrected chi connectivity index (χ0v) is 11.3. The van der Waals surface area contributed by atoms with Crippen LogP contribution in [0.4, 0.5) is 5.69 Å². The van der Waals surface area contributed by atoms with Crippen molar-refractivity contribution >= 4 is 11.7 Å². The summed E-state index contributed by atoms with van der Waals surface area (Å²) < 4.78 is 5.13. The minimum absolute atomic E-state index is 0.188. The average molecular weight is 258 g/mol. The molecule has 1 heterocycles. The van der Waals surface area contributed by atoms with E-state index in [2.05, 4.69) is 6.07 Å². The Balaban J connectivity index is 2.36. The van der Waals surface area contributed by atoms with Crippen molar-refractivity contribution in [3.05, 3.63) is 29.3 Å². The summed E-state index contributed by atoms with van der Waals surface area (Å²) in [5.74, 6) is -0.188. The molecule has 1 aromatic carbocycles. The van der Waals surface area contributed by atoms with Gasteiger partial charge in [-0.1, -0.05) is 12.1 Å². The summed E-state index contributed by atoms with van der Waals surface area (Å²) in [4.78, 5) is 14.0. The maximum absolute atomic E-state index is 12.0. The van der Waals surface area contributed by atoms with Gasteiger partial charge in [0.2, 0.25) is 0 Å². The lowest BCUT2D eigenvalue weighted by atomic mass is 10.1. The van der Waals surface area contributed by atoms with Crippen molar-refractivity contribution in [2.24, 2.45) is 0 Å². The van der Waals surface area contributed by atoms with E-state index in [0.717, 1.165) is 30.6 Å². The lowest BCUT2D eigenvalue weighted by Crippen LogP contribution is -2.38. The molecule has 1 aliphatic rings. The van der Waals surface area contributed by atoms with E-state index >= 15 is 0 Å². The maximum atomic E-state index is 12.0. The molecule has 1 aliphatic heterocycles. The lowest BCUT2D eigenvalue weighted by molar-refractivity contribution is -0.144. The minimum Gasteiger partial charge on any atom is -0.464 e. The van der Waals surface area contributed by atoms with Crippen LogP contribution in [0.1, 0.15) is 30.9 Å². The second-order valence-corrected chi connectivity index (χ2v) is 4.69. The number of nitriles is 1. The van der Waals surface area contributed by atoms with Crippen LogP contribution in [-0.2, 0) is 9.53 Å². The molecule has 0 spiro atoms. The topological polar surface area (TPSA) is 53.3 Å². The first kappa shape index (κ1) is 13.4. The van der Waals surface area contributed by atoms with Crippen LogP contribution < -0.4 is 4.90 Å². The van der Waals surface area contributed by atoms with Crippen LogP contribution in [0, 0.1) is 18.3 Å². The number of hydrogen-bond donors (Lipinski definition) is 0. The number of anilines is 1. The molecular formula is C15H18N2O2. The summed E-state index contributed by atoms with van der Waals surface area (Å²) >= 11 is 0. The van der Waals surface area contributed by atoms with E-state index in [1.54, 1.807) is 6.07 Å². The molecule has 0 aromatic heterocycles. The molecule has 2 rings (SSSR count). The minimum atomic E-state index is -0.256. The summed E-state index contributed by atoms with van der Waals surface area (Å²) in [5, 5.41) is 9.24. The van der Waals surface area contributed by atoms with E-state index in [1.807, 2.05) is 30.9 Å². The van der Waals surface area contributed by atoms with Crippen LogP contribution in [-0.4, -0.2) is 25.2 Å². The predicted molar refractivity (Wildman–Crippen MR) is 72.9 cm³/mol. The van der Waals surface area contributed by atoms with Gasteiger partial charge in [0.1, 0.15) is 12.1 Å². The number of para-hydroxylation sites is 1. The zero-order valence-electron chi connectivity index (χ0n) is 11.3. The summed E-state index contributed by atoms with van der Waals surface area (Å²) in [6, 6.07) is 7.59. The quantitative estimate of drug-likeness (QED) is 0.781. The van der Waals surface area contributed by atoms with E-state index in [4.69, 9.17) is 4.74 Å². The first-order valence-electron chi connectivity index (χ1n) is 6.62. The Labute approximate surface area is 113 Å². The third kappa shape index (κ3) is 2.55. The zero-order chi connectivity index (χ0) is 13.8. The van der Waals surface area contributed by atoms with Crippen molar-refractivity contribution in [1.82, 2.24) is 0 Å². The van der Waals surface area contributed by atoms with E-state index in [1.165, 1.54) is 0 Å². The van der Waals surface area contributed by atoms with Gasteiger partial charge in [0.15, 0.2) is 0 Å². The van der Waals surface area contributed by atoms with Crippen LogP contribution in [0.3, 0.4) is 0 Å². The molecule has 4 heteroatoms. The second kappa shape index (κ2) is 5.75. The number of nitrogens with zero attached hydrogens (tertiary/aromatic N) is 2. The fourth-order valence-corrected chi connectivity index (χ4v) is 2.65. The van der Waals surface area contributed by atoms with Gasteiger partial charge in [0.05, 0.1) is 17.9 Å². The molecule has 1 atom stereocenters. The van der Waals surface area contributed by atoms with Gasteiger partial charge in [0.25, 0.3) is 0 Å². The molecule has 0 bridgehead atoms. The molecule has 0 amide bonds. The van der Waals surface area contributed by atoms with E-state index in [0.29, 0.717) is 12.2 Å². The average Bonchev–Trinajstić information content (AvgIpc) is 2.87. The van der Waals surface area contributed by atoms with Gasteiger partial charge in [-0.05, 0) is 38.3 Å². The molecule has 19 heavy (non-hydrogen) atoms. The molecule has 1 saturated heterocycles. The Morgan fingerprint density at radius 3 is 3.05 bits per heavy atom. The van der Waals surface area contributed by atoms with Gasteiger partial charge in [-0.25, -0.2) is 4.79 Å². The summed E-state index contributed by atoms with van der Waals surface area (Å²) in [7, 11) is 0. The van der Waals surface area contributed by atoms with Crippen LogP contribution in [0.5, 0.6) is 0 Å². The Kier molecular flexibility index (Phi) is 4.06. The van der Waals surface area contributed by atoms with Crippen molar-refractivity contribution in [2.45, 2.75) is 32.7 Å². The van der Waals surface area contributed by atoms with Gasteiger partial charge in [-0.15, -0.1) is 0 Å². The van der Waals surface area contributed by atoms with Gasteiger partial charge >= 0.3 is 5.97 Å². The number of benzene rings is 1. The normalized spacial score (nSPS) is 18.2. The fourth-order valence-electron chi connectivity index (χ4n) is 2.65. The second-order valence-electron chi connectivity index (χ2n) is 4.69. The van der Waals surface area contributed by atoms with Gasteiger partial charge in [-0.3, -0.25) is 0 Å². The number of carbonyl (C=O) groups excluding carboxylic acids is 1. The third-order valence-corrected chi connectivity index (χ3v) is 3.46. The van der Waals surface area contributed by atoms with Crippen LogP contribution in [0.15, 0.2) is 18.2 Å². The van der Waals surface area contributed by atoms with Gasteiger partial charge < -0.3 is 9.64 Å². The molecular weight excluding hydrogens is 240 g/mol. The van der Waals surface area contributed by atoms with Crippen molar-refractivity contribution in [3.63, 3.8) is 0 Å². The molecule has 0 radical (unpaired) electrons. The predicted octanol–water partition coefficient (Wildman–Crippen LogP) is 2.40. The van der Waals surface area contributed by atoms with E-state index in [-0.39, 0.29) is 12.0 Å². The highest BCUT2D eigenvalue weighted by Gasteiger charge is 2.33.